The van der Waals surface area contributed by atoms with Gasteiger partial charge in [-0.05, 0) is 69.8 Å². The Morgan fingerprint density at radius 2 is 0.935 bits per heavy atom. The van der Waals surface area contributed by atoms with E-state index in [1.165, 1.54) is 0 Å². The van der Waals surface area contributed by atoms with Gasteiger partial charge in [-0.25, -0.2) is 0 Å². The maximum Gasteiger partial charge on any atom is 0.143 e. The smallest absolute Gasteiger partial charge is 0.143 e. The fourth-order valence-electron chi connectivity index (χ4n) is 6.82. The Morgan fingerprint density at radius 3 is 1.74 bits per heavy atom. The van der Waals surface area contributed by atoms with Crippen molar-refractivity contribution in [3.05, 3.63) is 157 Å². The van der Waals surface area contributed by atoms with Crippen LogP contribution in [-0.2, 0) is 0 Å². The summed E-state index contributed by atoms with van der Waals surface area (Å²) in [6.07, 6.45) is 0. The molecule has 0 aliphatic heterocycles. The minimum atomic E-state index is 0.642. The van der Waals surface area contributed by atoms with Crippen LogP contribution in [0.25, 0.3) is 88.4 Å². The number of fused-ring (bicyclic) bond motifs is 6. The molecule has 0 atom stereocenters. The third kappa shape index (κ3) is 4.05. The first kappa shape index (κ1) is 26.1. The quantitative estimate of drug-likeness (QED) is 0.206. The van der Waals surface area contributed by atoms with Crippen molar-refractivity contribution in [2.24, 2.45) is 0 Å². The largest absolute Gasteiger partial charge is 0.456 e. The van der Waals surface area contributed by atoms with E-state index in [9.17, 15) is 5.26 Å². The molecule has 46 heavy (non-hydrogen) atoms. The Morgan fingerprint density at radius 1 is 0.370 bits per heavy atom. The van der Waals surface area contributed by atoms with Gasteiger partial charge >= 0.3 is 0 Å². The number of rotatable bonds is 4. The summed E-state index contributed by atoms with van der Waals surface area (Å²) in [5, 5.41) is 14.4. The molecule has 3 heteroatoms. The second-order valence-corrected chi connectivity index (χ2v) is 11.6. The van der Waals surface area contributed by atoms with Crippen molar-refractivity contribution in [1.29, 1.82) is 5.26 Å². The normalized spacial score (nSPS) is 11.5. The van der Waals surface area contributed by atoms with Gasteiger partial charge in [0.05, 0.1) is 11.6 Å². The van der Waals surface area contributed by atoms with Crippen LogP contribution in [0.1, 0.15) is 5.56 Å². The fourth-order valence-corrected chi connectivity index (χ4v) is 6.82. The molecule has 0 aliphatic carbocycles. The summed E-state index contributed by atoms with van der Waals surface area (Å²) in [4.78, 5) is 0. The Hall–Kier alpha value is -6.37. The molecule has 9 aromatic rings. The number of hydrogen-bond acceptors (Lipinski definition) is 3. The molecule has 2 aromatic heterocycles. The molecule has 0 N–H and O–H groups in total. The van der Waals surface area contributed by atoms with Crippen LogP contribution in [0.3, 0.4) is 0 Å². The van der Waals surface area contributed by atoms with Gasteiger partial charge in [0.15, 0.2) is 0 Å². The second kappa shape index (κ2) is 10.4. The molecule has 0 amide bonds. The van der Waals surface area contributed by atoms with Gasteiger partial charge in [-0.3, -0.25) is 0 Å². The number of hydrogen-bond donors (Lipinski definition) is 0. The number of para-hydroxylation sites is 3. The predicted octanol–water partition coefficient (Wildman–Crippen LogP) is 12.0. The van der Waals surface area contributed by atoms with E-state index >= 15 is 0 Å². The van der Waals surface area contributed by atoms with E-state index in [2.05, 4.69) is 91.0 Å². The average molecular weight is 588 g/mol. The lowest BCUT2D eigenvalue weighted by Gasteiger charge is -2.17. The van der Waals surface area contributed by atoms with Crippen LogP contribution in [0, 0.1) is 11.3 Å². The summed E-state index contributed by atoms with van der Waals surface area (Å²) in [6, 6.07) is 54.3. The van der Waals surface area contributed by atoms with E-state index in [0.717, 1.165) is 88.4 Å². The number of furan rings is 2. The first-order chi connectivity index (χ1) is 22.8. The van der Waals surface area contributed by atoms with Gasteiger partial charge in [0.25, 0.3) is 0 Å². The van der Waals surface area contributed by atoms with Crippen LogP contribution in [-0.4, -0.2) is 0 Å². The highest BCUT2D eigenvalue weighted by molar-refractivity contribution is 6.10. The number of nitriles is 1. The maximum atomic E-state index is 10.0. The average Bonchev–Trinajstić information content (AvgIpc) is 3.69. The van der Waals surface area contributed by atoms with E-state index in [-0.39, 0.29) is 0 Å². The van der Waals surface area contributed by atoms with Crippen molar-refractivity contribution in [3.63, 3.8) is 0 Å². The van der Waals surface area contributed by atoms with Crippen LogP contribution in [0.2, 0.25) is 0 Å². The summed E-state index contributed by atoms with van der Waals surface area (Å²) in [5.74, 6) is 0. The summed E-state index contributed by atoms with van der Waals surface area (Å²) in [5.41, 5.74) is 12.3. The molecule has 0 fully saturated rings. The highest BCUT2D eigenvalue weighted by Crippen LogP contribution is 2.44. The summed E-state index contributed by atoms with van der Waals surface area (Å²) in [6.45, 7) is 0. The molecule has 2 heterocycles. The standard InChI is InChI=1S/C43H25NO2/c44-26-29-10-1-2-11-30(29)33-12-3-4-13-34(33)39-24-27(32-16-9-17-38-36-15-6-8-19-41(36)46-43(32)38)20-22-31(39)28-21-23-37-35-14-5-7-18-40(35)45-42(37)25-28/h1-25H. The summed E-state index contributed by atoms with van der Waals surface area (Å²) in [7, 11) is 0. The lowest BCUT2D eigenvalue weighted by molar-refractivity contribution is 0.669. The zero-order chi connectivity index (χ0) is 30.6. The number of nitrogens with zero attached hydrogens (tertiary/aromatic N) is 1. The van der Waals surface area contributed by atoms with Crippen molar-refractivity contribution in [2.75, 3.05) is 0 Å². The third-order valence-electron chi connectivity index (χ3n) is 8.98. The maximum absolute atomic E-state index is 10.0. The zero-order valence-electron chi connectivity index (χ0n) is 24.7. The second-order valence-electron chi connectivity index (χ2n) is 11.6. The molecular weight excluding hydrogens is 562 g/mol. The van der Waals surface area contributed by atoms with Crippen LogP contribution in [0.4, 0.5) is 0 Å². The van der Waals surface area contributed by atoms with Crippen molar-refractivity contribution in [3.8, 4) is 50.6 Å². The predicted molar refractivity (Wildman–Crippen MR) is 187 cm³/mol. The molecule has 0 saturated carbocycles. The van der Waals surface area contributed by atoms with Gasteiger partial charge in [0.2, 0.25) is 0 Å². The van der Waals surface area contributed by atoms with Gasteiger partial charge in [0.1, 0.15) is 22.3 Å². The molecule has 9 rings (SSSR count). The Balaban J connectivity index is 1.31. The van der Waals surface area contributed by atoms with Gasteiger partial charge in [-0.1, -0.05) is 115 Å². The van der Waals surface area contributed by atoms with Gasteiger partial charge in [-0.15, -0.1) is 0 Å². The molecule has 0 unspecified atom stereocenters. The molecule has 7 aromatic carbocycles. The molecule has 0 bridgehead atoms. The lowest BCUT2D eigenvalue weighted by Crippen LogP contribution is -1.92. The molecule has 0 radical (unpaired) electrons. The van der Waals surface area contributed by atoms with E-state index in [4.69, 9.17) is 8.83 Å². The van der Waals surface area contributed by atoms with Crippen LogP contribution < -0.4 is 0 Å². The van der Waals surface area contributed by atoms with E-state index in [1.807, 2.05) is 66.7 Å². The minimum absolute atomic E-state index is 0.642. The van der Waals surface area contributed by atoms with E-state index in [0.29, 0.717) is 5.56 Å². The topological polar surface area (TPSA) is 50.1 Å². The first-order valence-corrected chi connectivity index (χ1v) is 15.3. The van der Waals surface area contributed by atoms with Gasteiger partial charge in [0, 0.05) is 32.7 Å². The number of benzene rings is 7. The molecule has 3 nitrogen and oxygen atoms in total. The lowest BCUT2D eigenvalue weighted by atomic mass is 9.86. The SMILES string of the molecule is N#Cc1ccccc1-c1ccccc1-c1cc(-c2cccc3c2oc2ccccc23)ccc1-c1ccc2c(c1)oc1ccccc12. The first-order valence-electron chi connectivity index (χ1n) is 15.3. The van der Waals surface area contributed by atoms with Crippen LogP contribution >= 0.6 is 0 Å². The molecule has 0 saturated heterocycles. The third-order valence-corrected chi connectivity index (χ3v) is 8.98. The fraction of sp³-hybridized carbons (Fsp3) is 0. The minimum Gasteiger partial charge on any atom is -0.456 e. The van der Waals surface area contributed by atoms with E-state index < -0.39 is 0 Å². The summed E-state index contributed by atoms with van der Waals surface area (Å²) >= 11 is 0. The van der Waals surface area contributed by atoms with Gasteiger partial charge < -0.3 is 8.83 Å². The Labute approximate surface area is 265 Å². The van der Waals surface area contributed by atoms with Crippen LogP contribution in [0.15, 0.2) is 160 Å². The monoisotopic (exact) mass is 587 g/mol. The van der Waals surface area contributed by atoms with Crippen molar-refractivity contribution < 1.29 is 8.83 Å². The van der Waals surface area contributed by atoms with Crippen molar-refractivity contribution in [1.82, 2.24) is 0 Å². The van der Waals surface area contributed by atoms with Crippen molar-refractivity contribution in [2.45, 2.75) is 0 Å². The molecule has 0 aliphatic rings. The Bertz CT molecular complexity index is 2670. The molecular formula is C43H25NO2. The van der Waals surface area contributed by atoms with Crippen LogP contribution in [0.5, 0.6) is 0 Å². The summed E-state index contributed by atoms with van der Waals surface area (Å²) < 4.78 is 12.8. The Kier molecular flexibility index (Phi) is 5.88. The zero-order valence-corrected chi connectivity index (χ0v) is 24.7. The molecule has 0 spiro atoms. The highest BCUT2D eigenvalue weighted by Gasteiger charge is 2.19. The highest BCUT2D eigenvalue weighted by atomic mass is 16.3. The van der Waals surface area contributed by atoms with Gasteiger partial charge in [-0.2, -0.15) is 5.26 Å². The van der Waals surface area contributed by atoms with Crippen molar-refractivity contribution >= 4 is 43.9 Å². The molecule has 214 valence electrons. The van der Waals surface area contributed by atoms with E-state index in [1.54, 1.807) is 0 Å².